The minimum atomic E-state index is -3.37. The average Bonchev–Trinajstić information content (AvgIpc) is 3.16. The molecule has 2 atom stereocenters. The summed E-state index contributed by atoms with van der Waals surface area (Å²) >= 11 is 0. The van der Waals surface area contributed by atoms with E-state index in [1.807, 2.05) is 0 Å². The number of hydrogen-bond donors (Lipinski definition) is 2. The van der Waals surface area contributed by atoms with Gasteiger partial charge in [-0.1, -0.05) is 0 Å². The van der Waals surface area contributed by atoms with Crippen LogP contribution in [0.4, 0.5) is 8.78 Å². The quantitative estimate of drug-likeness (QED) is 0.706. The molecule has 0 amide bonds. The van der Waals surface area contributed by atoms with Gasteiger partial charge >= 0.3 is 8.25 Å². The van der Waals surface area contributed by atoms with Gasteiger partial charge in [0, 0.05) is 0 Å². The first-order chi connectivity index (χ1) is 10.6. The number of nitrogens with one attached hydrogen (secondary N) is 2. The molecule has 0 saturated carbocycles. The zero-order valence-corrected chi connectivity index (χ0v) is 11.9. The Morgan fingerprint density at radius 2 is 1.45 bits per heavy atom. The van der Waals surface area contributed by atoms with Gasteiger partial charge in [0.15, 0.2) is 11.6 Å². The maximum absolute atomic E-state index is 13.3. The van der Waals surface area contributed by atoms with Crippen molar-refractivity contribution in [3.63, 3.8) is 0 Å². The van der Waals surface area contributed by atoms with Crippen molar-refractivity contribution in [3.8, 4) is 0 Å². The molecule has 2 N–H and O–H groups in total. The Kier molecular flexibility index (Phi) is 6.07. The van der Waals surface area contributed by atoms with Gasteiger partial charge in [-0.3, -0.25) is 23.8 Å². The minimum absolute atomic E-state index is 0.213. The molecule has 2 aromatic rings. The van der Waals surface area contributed by atoms with Gasteiger partial charge in [0.1, 0.15) is 12.7 Å². The number of alkyl halides is 2. The highest BCUT2D eigenvalue weighted by Gasteiger charge is 2.13. The minimum Gasteiger partial charge on any atom is -0.271 e. The van der Waals surface area contributed by atoms with E-state index in [9.17, 15) is 13.3 Å². The normalized spacial score (nSPS) is 16.3. The van der Waals surface area contributed by atoms with Gasteiger partial charge in [0.25, 0.3) is 0 Å². The van der Waals surface area contributed by atoms with Crippen LogP contribution in [0, 0.1) is 0 Å². The predicted octanol–water partition coefficient (Wildman–Crippen LogP) is 1.66. The number of aromatic amines is 2. The van der Waals surface area contributed by atoms with E-state index >= 15 is 0 Å². The second-order valence-electron chi connectivity index (χ2n) is 3.62. The number of hydrogen-bond acceptors (Lipinski definition) is 7. The van der Waals surface area contributed by atoms with E-state index in [1.54, 1.807) is 0 Å². The van der Waals surface area contributed by atoms with Gasteiger partial charge in [0.2, 0.25) is 12.7 Å². The van der Waals surface area contributed by atoms with Crippen molar-refractivity contribution in [2.24, 2.45) is 0 Å². The lowest BCUT2D eigenvalue weighted by Gasteiger charge is -2.07. The molecule has 0 saturated heterocycles. The molecular weight excluding hydrogens is 321 g/mol. The molecule has 0 aliphatic heterocycles. The average molecular weight is 332 g/mol. The van der Waals surface area contributed by atoms with Crippen LogP contribution in [0.25, 0.3) is 12.2 Å². The van der Waals surface area contributed by atoms with Gasteiger partial charge < -0.3 is 0 Å². The van der Waals surface area contributed by atoms with Crippen molar-refractivity contribution in [1.82, 2.24) is 30.4 Å². The van der Waals surface area contributed by atoms with Crippen LogP contribution in [0.15, 0.2) is 24.8 Å². The molecule has 12 heteroatoms. The molecule has 0 radical (unpaired) electrons. The largest absolute Gasteiger partial charge is 0.324 e. The number of aromatic nitrogens is 6. The first kappa shape index (κ1) is 16.1. The van der Waals surface area contributed by atoms with Crippen molar-refractivity contribution in [2.75, 3.05) is 0 Å². The Balaban J connectivity index is 1.74. The smallest absolute Gasteiger partial charge is 0.271 e. The van der Waals surface area contributed by atoms with Gasteiger partial charge in [-0.15, -0.1) is 0 Å². The van der Waals surface area contributed by atoms with Crippen molar-refractivity contribution in [2.45, 2.75) is 12.7 Å². The fraction of sp³-hybridized carbons (Fsp3) is 0.200. The summed E-state index contributed by atoms with van der Waals surface area (Å²) in [7, 11) is -3.37. The van der Waals surface area contributed by atoms with Gasteiger partial charge in [-0.2, -0.15) is 10.2 Å². The predicted molar refractivity (Wildman–Crippen MR) is 71.8 cm³/mol. The summed E-state index contributed by atoms with van der Waals surface area (Å²) in [6.07, 6.45) is 2.72. The lowest BCUT2D eigenvalue weighted by molar-refractivity contribution is 0.0566. The van der Waals surface area contributed by atoms with Crippen LogP contribution in [-0.4, -0.2) is 43.1 Å². The molecule has 2 rings (SSSR count). The number of halogens is 2. The molecule has 0 bridgehead atoms. The van der Waals surface area contributed by atoms with E-state index in [-0.39, 0.29) is 11.6 Å². The third-order valence-electron chi connectivity index (χ3n) is 2.08. The summed E-state index contributed by atoms with van der Waals surface area (Å²) < 4.78 is 46.6. The van der Waals surface area contributed by atoms with Crippen molar-refractivity contribution >= 4 is 20.4 Å². The van der Waals surface area contributed by atoms with E-state index in [0.29, 0.717) is 0 Å². The molecule has 9 nitrogen and oxygen atoms in total. The van der Waals surface area contributed by atoms with Crippen LogP contribution in [-0.2, 0) is 13.6 Å². The van der Waals surface area contributed by atoms with Crippen LogP contribution in [0.3, 0.4) is 0 Å². The second-order valence-corrected chi connectivity index (χ2v) is 4.59. The molecule has 118 valence electrons. The second kappa shape index (κ2) is 8.27. The number of nitrogens with zero attached hydrogens (tertiary/aromatic N) is 4. The van der Waals surface area contributed by atoms with Gasteiger partial charge in [-0.25, -0.2) is 18.7 Å². The first-order valence-corrected chi connectivity index (χ1v) is 7.09. The van der Waals surface area contributed by atoms with Gasteiger partial charge in [-0.05, 0) is 24.3 Å². The summed E-state index contributed by atoms with van der Waals surface area (Å²) in [6.45, 7) is 0. The zero-order chi connectivity index (χ0) is 15.8. The lowest BCUT2D eigenvalue weighted by Crippen LogP contribution is -2.01. The molecule has 22 heavy (non-hydrogen) atoms. The fourth-order valence-corrected chi connectivity index (χ4v) is 1.79. The summed E-state index contributed by atoms with van der Waals surface area (Å²) in [4.78, 5) is 7.41. The van der Waals surface area contributed by atoms with Crippen LogP contribution < -0.4 is 0 Å². The van der Waals surface area contributed by atoms with E-state index in [1.165, 1.54) is 24.8 Å². The Bertz CT molecular complexity index is 579. The van der Waals surface area contributed by atoms with Crippen LogP contribution in [0.5, 0.6) is 0 Å². The third-order valence-corrected chi connectivity index (χ3v) is 2.91. The van der Waals surface area contributed by atoms with Crippen molar-refractivity contribution in [3.05, 3.63) is 36.5 Å². The van der Waals surface area contributed by atoms with Crippen LogP contribution in [0.2, 0.25) is 0 Å². The maximum atomic E-state index is 13.3. The molecule has 0 aliphatic carbocycles. The lowest BCUT2D eigenvalue weighted by atomic mass is 10.5. The van der Waals surface area contributed by atoms with Crippen molar-refractivity contribution < 1.29 is 22.4 Å². The van der Waals surface area contributed by atoms with Crippen LogP contribution >= 0.6 is 8.25 Å². The number of H-pyrrole nitrogens is 2. The van der Waals surface area contributed by atoms with Crippen LogP contribution in [0.1, 0.15) is 11.6 Å². The summed E-state index contributed by atoms with van der Waals surface area (Å²) in [5.41, 5.74) is 0. The summed E-state index contributed by atoms with van der Waals surface area (Å²) in [5, 5.41) is 12.1. The monoisotopic (exact) mass is 332 g/mol. The van der Waals surface area contributed by atoms with E-state index in [2.05, 4.69) is 39.4 Å². The standard InChI is InChI=1S/C10H11F2N6O3P/c11-7(1-3-9-13-5-15-17-9)20-22(19)21-8(12)2-4-10-14-6-16-18-10/h1-8,22H,(H,13,15,17)(H,14,16,18)/b3-1+,4-2+. The third kappa shape index (κ3) is 5.64. The Hall–Kier alpha value is -2.23. The highest BCUT2D eigenvalue weighted by atomic mass is 31.1. The molecule has 0 aromatic carbocycles. The molecule has 0 fully saturated rings. The Labute approximate surface area is 123 Å². The molecule has 2 heterocycles. The summed E-state index contributed by atoms with van der Waals surface area (Å²) in [6, 6.07) is 0. The fourth-order valence-electron chi connectivity index (χ4n) is 1.21. The molecule has 0 spiro atoms. The van der Waals surface area contributed by atoms with E-state index < -0.39 is 21.0 Å². The molecule has 0 aliphatic rings. The highest BCUT2D eigenvalue weighted by Crippen LogP contribution is 2.30. The molecule has 2 aromatic heterocycles. The SMILES string of the molecule is O=[PH](OC(F)/C=C/c1nc[nH]n1)OC(F)/C=C/c1nc[nH]n1. The number of rotatable bonds is 8. The Morgan fingerprint density at radius 1 is 1.00 bits per heavy atom. The van der Waals surface area contributed by atoms with Crippen molar-refractivity contribution in [1.29, 1.82) is 0 Å². The summed E-state index contributed by atoms with van der Waals surface area (Å²) in [5.74, 6) is 0.425. The maximum Gasteiger partial charge on any atom is 0.324 e. The Morgan fingerprint density at radius 3 is 1.82 bits per heavy atom. The highest BCUT2D eigenvalue weighted by molar-refractivity contribution is 7.33. The first-order valence-electron chi connectivity index (χ1n) is 5.87. The van der Waals surface area contributed by atoms with Gasteiger partial charge in [0.05, 0.1) is 0 Å². The molecular formula is C10H11F2N6O3P. The topological polar surface area (TPSA) is 119 Å². The van der Waals surface area contributed by atoms with E-state index in [4.69, 9.17) is 0 Å². The zero-order valence-electron chi connectivity index (χ0n) is 10.9. The molecule has 2 unspecified atom stereocenters. The van der Waals surface area contributed by atoms with E-state index in [0.717, 1.165) is 12.2 Å².